The van der Waals surface area contributed by atoms with Crippen molar-refractivity contribution in [3.05, 3.63) is 47.0 Å². The third-order valence-electron chi connectivity index (χ3n) is 5.68. The van der Waals surface area contributed by atoms with Crippen molar-refractivity contribution < 1.29 is 0 Å². The molecule has 5 heteroatoms. The number of fused-ring (bicyclic) bond motifs is 1. The van der Waals surface area contributed by atoms with Gasteiger partial charge in [0.25, 0.3) is 0 Å². The maximum atomic E-state index is 4.52. The minimum atomic E-state index is 0.569. The van der Waals surface area contributed by atoms with Gasteiger partial charge >= 0.3 is 0 Å². The molecule has 26 heavy (non-hydrogen) atoms. The fraction of sp³-hybridized carbons (Fsp3) is 0.619. The zero-order valence-corrected chi connectivity index (χ0v) is 16.1. The Kier molecular flexibility index (Phi) is 5.36. The van der Waals surface area contributed by atoms with Crippen molar-refractivity contribution in [2.75, 3.05) is 19.6 Å². The lowest BCUT2D eigenvalue weighted by Crippen LogP contribution is -2.34. The lowest BCUT2D eigenvalue weighted by molar-refractivity contribution is 0.199. The summed E-state index contributed by atoms with van der Waals surface area (Å²) >= 11 is 0. The van der Waals surface area contributed by atoms with Crippen LogP contribution < -0.4 is 5.32 Å². The summed E-state index contributed by atoms with van der Waals surface area (Å²) in [4.78, 5) is 2.59. The van der Waals surface area contributed by atoms with Gasteiger partial charge in [0.15, 0.2) is 0 Å². The molecule has 0 spiro atoms. The number of hydrogen-bond donors (Lipinski definition) is 1. The van der Waals surface area contributed by atoms with Gasteiger partial charge in [-0.3, -0.25) is 4.90 Å². The van der Waals surface area contributed by atoms with E-state index in [2.05, 4.69) is 63.1 Å². The van der Waals surface area contributed by atoms with Crippen LogP contribution in [0.1, 0.15) is 55.4 Å². The molecule has 4 rings (SSSR count). The highest BCUT2D eigenvalue weighted by Crippen LogP contribution is 2.28. The molecule has 140 valence electrons. The summed E-state index contributed by atoms with van der Waals surface area (Å²) in [6.45, 7) is 10.8. The molecule has 1 aromatic carbocycles. The van der Waals surface area contributed by atoms with E-state index in [1.54, 1.807) is 0 Å². The largest absolute Gasteiger partial charge is 0.312 e. The highest BCUT2D eigenvalue weighted by atomic mass is 15.3. The van der Waals surface area contributed by atoms with E-state index in [1.165, 1.54) is 36.2 Å². The number of rotatable bonds is 5. The Labute approximate surface area is 156 Å². The van der Waals surface area contributed by atoms with Crippen LogP contribution in [-0.2, 0) is 26.1 Å². The van der Waals surface area contributed by atoms with Crippen LogP contribution in [-0.4, -0.2) is 39.3 Å². The third kappa shape index (κ3) is 3.99. The Morgan fingerprint density at radius 1 is 1.04 bits per heavy atom. The number of aromatic nitrogens is 3. The number of nitrogens with one attached hydrogen (secondary N) is 1. The van der Waals surface area contributed by atoms with Crippen LogP contribution in [0.3, 0.4) is 0 Å². The van der Waals surface area contributed by atoms with Crippen molar-refractivity contribution in [3.63, 3.8) is 0 Å². The maximum absolute atomic E-state index is 4.52. The molecule has 5 nitrogen and oxygen atoms in total. The lowest BCUT2D eigenvalue weighted by atomic mass is 9.95. The zero-order valence-electron chi connectivity index (χ0n) is 16.1. The molecular weight excluding hydrogens is 322 g/mol. The van der Waals surface area contributed by atoms with E-state index in [9.17, 15) is 0 Å². The number of nitrogens with zero attached hydrogens (tertiary/aromatic N) is 4. The Bertz CT molecular complexity index is 711. The summed E-state index contributed by atoms with van der Waals surface area (Å²) in [6, 6.07) is 9.23. The molecule has 3 heterocycles. The molecule has 2 aromatic rings. The van der Waals surface area contributed by atoms with Gasteiger partial charge in [-0.1, -0.05) is 38.1 Å². The molecule has 0 aliphatic carbocycles. The average Bonchev–Trinajstić information content (AvgIpc) is 3.08. The van der Waals surface area contributed by atoms with Crippen LogP contribution in [0.25, 0.3) is 0 Å². The normalized spacial score (nSPS) is 19.0. The summed E-state index contributed by atoms with van der Waals surface area (Å²) in [5.41, 5.74) is 2.88. The fourth-order valence-corrected chi connectivity index (χ4v) is 4.28. The van der Waals surface area contributed by atoms with Gasteiger partial charge in [-0.25, -0.2) is 0 Å². The second-order valence-electron chi connectivity index (χ2n) is 8.27. The molecule has 1 N–H and O–H groups in total. The van der Waals surface area contributed by atoms with Gasteiger partial charge in [0.2, 0.25) is 0 Å². The molecule has 0 saturated carbocycles. The molecule has 0 atom stereocenters. The highest BCUT2D eigenvalue weighted by Gasteiger charge is 2.26. The summed E-state index contributed by atoms with van der Waals surface area (Å²) in [5, 5.41) is 12.3. The Morgan fingerprint density at radius 2 is 1.77 bits per heavy atom. The van der Waals surface area contributed by atoms with E-state index in [0.29, 0.717) is 5.92 Å². The van der Waals surface area contributed by atoms with Crippen LogP contribution in [0, 0.1) is 5.92 Å². The number of benzene rings is 1. The van der Waals surface area contributed by atoms with E-state index < -0.39 is 0 Å². The molecule has 0 bridgehead atoms. The molecule has 2 aliphatic heterocycles. The maximum Gasteiger partial charge on any atom is 0.147 e. The average molecular weight is 354 g/mol. The second-order valence-corrected chi connectivity index (χ2v) is 8.27. The monoisotopic (exact) mass is 353 g/mol. The second kappa shape index (κ2) is 7.89. The van der Waals surface area contributed by atoms with E-state index in [4.69, 9.17) is 0 Å². The van der Waals surface area contributed by atoms with E-state index in [1.807, 2.05) is 0 Å². The third-order valence-corrected chi connectivity index (χ3v) is 5.68. The quantitative estimate of drug-likeness (QED) is 0.898. The highest BCUT2D eigenvalue weighted by molar-refractivity contribution is 5.23. The summed E-state index contributed by atoms with van der Waals surface area (Å²) in [5.74, 6) is 3.62. The Morgan fingerprint density at radius 3 is 2.50 bits per heavy atom. The van der Waals surface area contributed by atoms with Crippen LogP contribution in [0.4, 0.5) is 0 Å². The molecule has 0 amide bonds. The molecule has 0 radical (unpaired) electrons. The Hall–Kier alpha value is -1.72. The predicted octanol–water partition coefficient (Wildman–Crippen LogP) is 2.96. The van der Waals surface area contributed by atoms with E-state index in [0.717, 1.165) is 51.0 Å². The summed E-state index contributed by atoms with van der Waals surface area (Å²) in [6.07, 6.45) is 3.55. The number of piperidine rings is 1. The first-order valence-corrected chi connectivity index (χ1v) is 10.1. The minimum Gasteiger partial charge on any atom is -0.312 e. The first-order valence-electron chi connectivity index (χ1n) is 10.1. The standard InChI is InChI=1S/C21H31N5/c1-16(2)13-17-3-5-18(6-4-17)15-25-10-7-19(8-11-25)21-24-23-20-14-22-9-12-26(20)21/h3-6,16,19,22H,7-15H2,1-2H3. The van der Waals surface area contributed by atoms with Gasteiger partial charge < -0.3 is 9.88 Å². The van der Waals surface area contributed by atoms with Gasteiger partial charge in [0.1, 0.15) is 11.6 Å². The molecule has 0 unspecified atom stereocenters. The van der Waals surface area contributed by atoms with Gasteiger partial charge in [0.05, 0.1) is 6.54 Å². The minimum absolute atomic E-state index is 0.569. The molecular formula is C21H31N5. The fourth-order valence-electron chi connectivity index (χ4n) is 4.28. The van der Waals surface area contributed by atoms with E-state index in [-0.39, 0.29) is 0 Å². The predicted molar refractivity (Wildman–Crippen MR) is 104 cm³/mol. The van der Waals surface area contributed by atoms with E-state index >= 15 is 0 Å². The number of likely N-dealkylation sites (tertiary alicyclic amines) is 1. The van der Waals surface area contributed by atoms with Crippen molar-refractivity contribution >= 4 is 0 Å². The molecule has 2 aliphatic rings. The van der Waals surface area contributed by atoms with Gasteiger partial charge in [-0.05, 0) is 49.4 Å². The summed E-state index contributed by atoms with van der Waals surface area (Å²) in [7, 11) is 0. The van der Waals surface area contributed by atoms with Crippen LogP contribution >= 0.6 is 0 Å². The van der Waals surface area contributed by atoms with Crippen molar-refractivity contribution in [1.82, 2.24) is 25.0 Å². The van der Waals surface area contributed by atoms with Crippen molar-refractivity contribution in [2.45, 2.75) is 58.7 Å². The molecule has 1 fully saturated rings. The van der Waals surface area contributed by atoms with Crippen LogP contribution in [0.2, 0.25) is 0 Å². The SMILES string of the molecule is CC(C)Cc1ccc(CN2CCC(c3nnc4n3CCNC4)CC2)cc1. The molecule has 1 saturated heterocycles. The van der Waals surface area contributed by atoms with Gasteiger partial charge in [0, 0.05) is 25.6 Å². The van der Waals surface area contributed by atoms with Crippen molar-refractivity contribution in [1.29, 1.82) is 0 Å². The van der Waals surface area contributed by atoms with Crippen LogP contribution in [0.5, 0.6) is 0 Å². The topological polar surface area (TPSA) is 46.0 Å². The molecule has 1 aromatic heterocycles. The number of hydrogen-bond acceptors (Lipinski definition) is 4. The van der Waals surface area contributed by atoms with Gasteiger partial charge in [-0.2, -0.15) is 0 Å². The first-order chi connectivity index (χ1) is 12.7. The van der Waals surface area contributed by atoms with Crippen LogP contribution in [0.15, 0.2) is 24.3 Å². The first kappa shape index (κ1) is 17.7. The lowest BCUT2D eigenvalue weighted by Gasteiger charge is -2.32. The summed E-state index contributed by atoms with van der Waals surface area (Å²) < 4.78 is 2.35. The van der Waals surface area contributed by atoms with Crippen molar-refractivity contribution in [3.8, 4) is 0 Å². The zero-order chi connectivity index (χ0) is 17.9. The van der Waals surface area contributed by atoms with Crippen molar-refractivity contribution in [2.24, 2.45) is 5.92 Å². The smallest absolute Gasteiger partial charge is 0.147 e. The Balaban J connectivity index is 1.32. The van der Waals surface area contributed by atoms with Gasteiger partial charge in [-0.15, -0.1) is 10.2 Å².